The van der Waals surface area contributed by atoms with Crippen molar-refractivity contribution in [3.05, 3.63) is 35.9 Å². The molecular formula is C23H41N. The molecule has 0 saturated heterocycles. The van der Waals surface area contributed by atoms with Crippen molar-refractivity contribution in [2.45, 2.75) is 97.4 Å². The van der Waals surface area contributed by atoms with E-state index < -0.39 is 0 Å². The summed E-state index contributed by atoms with van der Waals surface area (Å²) in [4.78, 5) is 0. The van der Waals surface area contributed by atoms with Gasteiger partial charge < -0.3 is 5.73 Å². The van der Waals surface area contributed by atoms with Crippen LogP contribution >= 0.6 is 0 Å². The Kier molecular flexibility index (Phi) is 10.3. The minimum atomic E-state index is -0.163. The van der Waals surface area contributed by atoms with Crippen molar-refractivity contribution in [3.8, 4) is 0 Å². The van der Waals surface area contributed by atoms with Gasteiger partial charge in [-0.05, 0) is 30.2 Å². The monoisotopic (exact) mass is 331 g/mol. The lowest BCUT2D eigenvalue weighted by Crippen LogP contribution is -2.40. The Hall–Kier alpha value is -0.820. The molecule has 1 aromatic rings. The van der Waals surface area contributed by atoms with Crippen LogP contribution in [0.2, 0.25) is 0 Å². The molecule has 2 unspecified atom stereocenters. The first-order chi connectivity index (χ1) is 11.6. The fraction of sp³-hybridized carbons (Fsp3) is 0.739. The van der Waals surface area contributed by atoms with Gasteiger partial charge in [-0.2, -0.15) is 0 Å². The minimum absolute atomic E-state index is 0.163. The summed E-state index contributed by atoms with van der Waals surface area (Å²) in [7, 11) is 0. The van der Waals surface area contributed by atoms with Gasteiger partial charge in [0.05, 0.1) is 0 Å². The molecular weight excluding hydrogens is 290 g/mol. The maximum atomic E-state index is 7.12. The third-order valence-electron chi connectivity index (χ3n) is 5.74. The van der Waals surface area contributed by atoms with Crippen LogP contribution in [0.5, 0.6) is 0 Å². The minimum Gasteiger partial charge on any atom is -0.321 e. The number of benzene rings is 1. The largest absolute Gasteiger partial charge is 0.321 e. The van der Waals surface area contributed by atoms with Crippen LogP contribution in [-0.4, -0.2) is 0 Å². The third-order valence-corrected chi connectivity index (χ3v) is 5.74. The van der Waals surface area contributed by atoms with E-state index in [2.05, 4.69) is 58.0 Å². The van der Waals surface area contributed by atoms with Crippen molar-refractivity contribution in [3.63, 3.8) is 0 Å². The first kappa shape index (κ1) is 21.2. The Balaban J connectivity index is 2.93. The molecule has 1 rings (SSSR count). The van der Waals surface area contributed by atoms with Crippen LogP contribution in [0.3, 0.4) is 0 Å². The molecule has 0 aromatic heterocycles. The molecule has 0 spiro atoms. The topological polar surface area (TPSA) is 26.0 Å². The highest BCUT2D eigenvalue weighted by Crippen LogP contribution is 2.37. The van der Waals surface area contributed by atoms with Gasteiger partial charge in [0.15, 0.2) is 0 Å². The highest BCUT2D eigenvalue weighted by atomic mass is 14.7. The average molecular weight is 332 g/mol. The maximum absolute atomic E-state index is 7.12. The molecule has 1 aromatic carbocycles. The Morgan fingerprint density at radius 1 is 0.792 bits per heavy atom. The quantitative estimate of drug-likeness (QED) is 0.411. The number of rotatable bonds is 13. The molecule has 0 aliphatic heterocycles. The number of hydrogen-bond acceptors (Lipinski definition) is 1. The summed E-state index contributed by atoms with van der Waals surface area (Å²) in [6.45, 7) is 9.25. The zero-order chi connectivity index (χ0) is 17.8. The van der Waals surface area contributed by atoms with Gasteiger partial charge in [0.25, 0.3) is 0 Å². The average Bonchev–Trinajstić information content (AvgIpc) is 2.62. The Morgan fingerprint density at radius 2 is 1.25 bits per heavy atom. The van der Waals surface area contributed by atoms with Crippen LogP contribution < -0.4 is 5.73 Å². The Morgan fingerprint density at radius 3 is 1.62 bits per heavy atom. The number of hydrogen-bond donors (Lipinski definition) is 1. The Bertz CT molecular complexity index is 393. The van der Waals surface area contributed by atoms with Gasteiger partial charge in [0.2, 0.25) is 0 Å². The predicted octanol–water partition coefficient (Wildman–Crippen LogP) is 7.05. The molecule has 0 heterocycles. The van der Waals surface area contributed by atoms with Gasteiger partial charge in [0.1, 0.15) is 0 Å². The zero-order valence-corrected chi connectivity index (χ0v) is 16.7. The van der Waals surface area contributed by atoms with E-state index in [0.29, 0.717) is 0 Å². The van der Waals surface area contributed by atoms with E-state index in [4.69, 9.17) is 5.73 Å². The van der Waals surface area contributed by atoms with E-state index in [1.54, 1.807) is 0 Å². The summed E-state index contributed by atoms with van der Waals surface area (Å²) in [6, 6.07) is 10.9. The molecule has 2 N–H and O–H groups in total. The van der Waals surface area contributed by atoms with E-state index >= 15 is 0 Å². The summed E-state index contributed by atoms with van der Waals surface area (Å²) < 4.78 is 0. The first-order valence-electron chi connectivity index (χ1n) is 10.4. The zero-order valence-electron chi connectivity index (χ0n) is 16.7. The molecule has 0 radical (unpaired) electrons. The second-order valence-electron chi connectivity index (χ2n) is 7.76. The second kappa shape index (κ2) is 11.7. The smallest absolute Gasteiger partial charge is 0.0414 e. The SMILES string of the molecule is CCCCC(CC)CC(N)(CC(CC)CCCC)c1ccccc1. The van der Waals surface area contributed by atoms with Crippen LogP contribution in [0, 0.1) is 11.8 Å². The molecule has 1 heteroatoms. The van der Waals surface area contributed by atoms with Gasteiger partial charge in [-0.3, -0.25) is 0 Å². The molecule has 0 amide bonds. The molecule has 138 valence electrons. The molecule has 0 saturated carbocycles. The second-order valence-corrected chi connectivity index (χ2v) is 7.76. The molecule has 0 aliphatic rings. The normalized spacial score (nSPS) is 16.5. The van der Waals surface area contributed by atoms with Gasteiger partial charge in [-0.1, -0.05) is 109 Å². The summed E-state index contributed by atoms with van der Waals surface area (Å²) in [6.07, 6.45) is 12.6. The molecule has 0 bridgehead atoms. The standard InChI is InChI=1S/C23H41N/c1-5-9-14-20(7-3)18-23(24,22-16-12-11-13-17-22)19-21(8-4)15-10-6-2/h11-13,16-17,20-21H,5-10,14-15,18-19,24H2,1-4H3. The lowest BCUT2D eigenvalue weighted by molar-refractivity contribution is 0.232. The fourth-order valence-electron chi connectivity index (χ4n) is 4.01. The van der Waals surface area contributed by atoms with Crippen LogP contribution in [0.25, 0.3) is 0 Å². The lowest BCUT2D eigenvalue weighted by atomic mass is 9.73. The van der Waals surface area contributed by atoms with Gasteiger partial charge >= 0.3 is 0 Å². The first-order valence-corrected chi connectivity index (χ1v) is 10.4. The van der Waals surface area contributed by atoms with E-state index in [9.17, 15) is 0 Å². The summed E-state index contributed by atoms with van der Waals surface area (Å²) >= 11 is 0. The maximum Gasteiger partial charge on any atom is 0.0414 e. The fourth-order valence-corrected chi connectivity index (χ4v) is 4.01. The van der Waals surface area contributed by atoms with Gasteiger partial charge in [-0.25, -0.2) is 0 Å². The van der Waals surface area contributed by atoms with Crippen molar-refractivity contribution in [1.29, 1.82) is 0 Å². The van der Waals surface area contributed by atoms with Gasteiger partial charge in [-0.15, -0.1) is 0 Å². The molecule has 0 aliphatic carbocycles. The van der Waals surface area contributed by atoms with E-state index in [-0.39, 0.29) is 5.54 Å². The van der Waals surface area contributed by atoms with E-state index in [1.165, 1.54) is 56.9 Å². The van der Waals surface area contributed by atoms with E-state index in [1.807, 2.05) is 0 Å². The van der Waals surface area contributed by atoms with Crippen LogP contribution in [0.1, 0.15) is 97.5 Å². The van der Waals surface area contributed by atoms with Crippen LogP contribution in [0.4, 0.5) is 0 Å². The molecule has 1 nitrogen and oxygen atoms in total. The Labute approximate surface area is 151 Å². The van der Waals surface area contributed by atoms with Crippen molar-refractivity contribution >= 4 is 0 Å². The van der Waals surface area contributed by atoms with Crippen LogP contribution in [-0.2, 0) is 5.54 Å². The van der Waals surface area contributed by atoms with Crippen molar-refractivity contribution < 1.29 is 0 Å². The summed E-state index contributed by atoms with van der Waals surface area (Å²) in [5.41, 5.74) is 8.30. The molecule has 0 fully saturated rings. The highest BCUT2D eigenvalue weighted by Gasteiger charge is 2.32. The highest BCUT2D eigenvalue weighted by molar-refractivity contribution is 5.24. The van der Waals surface area contributed by atoms with Gasteiger partial charge in [0, 0.05) is 5.54 Å². The van der Waals surface area contributed by atoms with E-state index in [0.717, 1.165) is 24.7 Å². The summed E-state index contributed by atoms with van der Waals surface area (Å²) in [5, 5.41) is 0. The third kappa shape index (κ3) is 6.97. The van der Waals surface area contributed by atoms with Crippen molar-refractivity contribution in [1.82, 2.24) is 0 Å². The summed E-state index contributed by atoms with van der Waals surface area (Å²) in [5.74, 6) is 1.50. The lowest BCUT2D eigenvalue weighted by Gasteiger charge is -2.37. The predicted molar refractivity (Wildman–Crippen MR) is 108 cm³/mol. The van der Waals surface area contributed by atoms with Crippen molar-refractivity contribution in [2.24, 2.45) is 17.6 Å². The number of nitrogens with two attached hydrogens (primary N) is 1. The number of unbranched alkanes of at least 4 members (excludes halogenated alkanes) is 2. The van der Waals surface area contributed by atoms with Crippen LogP contribution in [0.15, 0.2) is 30.3 Å². The molecule has 24 heavy (non-hydrogen) atoms. The molecule has 2 atom stereocenters. The van der Waals surface area contributed by atoms with Crippen molar-refractivity contribution in [2.75, 3.05) is 0 Å².